The van der Waals surface area contributed by atoms with Crippen LogP contribution in [-0.2, 0) is 28.8 Å². The number of nitrogens with zero attached hydrogens (tertiary/aromatic N) is 4. The number of aliphatic carboxylic acids is 1. The lowest BCUT2D eigenvalue weighted by Crippen LogP contribution is -2.21. The lowest BCUT2D eigenvalue weighted by molar-refractivity contribution is -0.192. The zero-order valence-corrected chi connectivity index (χ0v) is 23.6. The van der Waals surface area contributed by atoms with E-state index in [0.717, 1.165) is 33.4 Å². The highest BCUT2D eigenvalue weighted by atomic mass is 19.4. The number of halogens is 3. The largest absolute Gasteiger partial charge is 0.490 e. The Labute approximate surface area is 245 Å². The summed E-state index contributed by atoms with van der Waals surface area (Å²) in [5, 5.41) is 17.6. The SMILES string of the molecule is Cn1nc(-c2ccccc2)nc1C(Nc1ccc2c(N)nccc2c1)c1ccc2c(c1)C(C)(C)OC2.O=C(O)C(F)(F)F. The average Bonchev–Trinajstić information content (AvgIpc) is 3.50. The molecule has 43 heavy (non-hydrogen) atoms. The van der Waals surface area contributed by atoms with Crippen LogP contribution in [0.5, 0.6) is 0 Å². The van der Waals surface area contributed by atoms with Gasteiger partial charge in [0.15, 0.2) is 11.6 Å². The lowest BCUT2D eigenvalue weighted by Gasteiger charge is -2.23. The first kappa shape index (κ1) is 29.5. The number of benzene rings is 3. The molecule has 1 aliphatic rings. The second kappa shape index (κ2) is 11.4. The van der Waals surface area contributed by atoms with E-state index in [1.807, 2.05) is 60.3 Å². The van der Waals surface area contributed by atoms with Crippen molar-refractivity contribution in [1.29, 1.82) is 0 Å². The van der Waals surface area contributed by atoms with Crippen LogP contribution in [-0.4, -0.2) is 37.0 Å². The highest BCUT2D eigenvalue weighted by Crippen LogP contribution is 2.39. The van der Waals surface area contributed by atoms with Crippen molar-refractivity contribution in [2.75, 3.05) is 11.1 Å². The van der Waals surface area contributed by atoms with Crippen LogP contribution in [0, 0.1) is 0 Å². The normalized spacial score (nSPS) is 14.5. The molecular weight excluding hydrogens is 561 g/mol. The van der Waals surface area contributed by atoms with Gasteiger partial charge >= 0.3 is 12.1 Å². The molecule has 12 heteroatoms. The van der Waals surface area contributed by atoms with Gasteiger partial charge in [-0.2, -0.15) is 18.3 Å². The number of nitrogens with two attached hydrogens (primary N) is 1. The zero-order valence-electron chi connectivity index (χ0n) is 23.6. The van der Waals surface area contributed by atoms with E-state index in [1.165, 1.54) is 11.1 Å². The Balaban J connectivity index is 0.000000472. The number of nitrogens with one attached hydrogen (secondary N) is 1. The number of fused-ring (bicyclic) bond motifs is 2. The summed E-state index contributed by atoms with van der Waals surface area (Å²) in [5.41, 5.74) is 11.2. The van der Waals surface area contributed by atoms with Crippen LogP contribution in [0.1, 0.15) is 42.4 Å². The summed E-state index contributed by atoms with van der Waals surface area (Å²) in [6.07, 6.45) is -3.35. The second-order valence-corrected chi connectivity index (χ2v) is 10.5. The number of ether oxygens (including phenoxy) is 1. The maximum absolute atomic E-state index is 10.6. The van der Waals surface area contributed by atoms with Gasteiger partial charge in [0.05, 0.1) is 12.2 Å². The maximum atomic E-state index is 10.6. The Morgan fingerprint density at radius 2 is 1.81 bits per heavy atom. The molecule has 0 saturated heterocycles. The Morgan fingerprint density at radius 3 is 2.51 bits per heavy atom. The number of pyridine rings is 1. The molecule has 0 aliphatic carbocycles. The summed E-state index contributed by atoms with van der Waals surface area (Å²) in [4.78, 5) is 18.1. The van der Waals surface area contributed by atoms with Gasteiger partial charge in [-0.3, -0.25) is 4.68 Å². The molecule has 0 bridgehead atoms. The Bertz CT molecular complexity index is 1790. The van der Waals surface area contributed by atoms with Crippen molar-refractivity contribution in [1.82, 2.24) is 19.7 Å². The third-order valence-electron chi connectivity index (χ3n) is 7.14. The number of carboxylic acid groups (broad SMARTS) is 1. The number of hydrogen-bond acceptors (Lipinski definition) is 7. The summed E-state index contributed by atoms with van der Waals surface area (Å²) in [5.74, 6) is -0.716. The molecule has 5 aromatic rings. The van der Waals surface area contributed by atoms with Crippen molar-refractivity contribution < 1.29 is 27.8 Å². The van der Waals surface area contributed by atoms with E-state index in [4.69, 9.17) is 30.5 Å². The predicted octanol–water partition coefficient (Wildman–Crippen LogP) is 6.21. The molecule has 3 aromatic carbocycles. The minimum Gasteiger partial charge on any atom is -0.475 e. The number of anilines is 2. The Hall–Kier alpha value is -4.97. The molecule has 6 rings (SSSR count). The van der Waals surface area contributed by atoms with Crippen LogP contribution in [0.15, 0.2) is 79.0 Å². The molecule has 3 heterocycles. The molecule has 1 aliphatic heterocycles. The Kier molecular flexibility index (Phi) is 7.80. The van der Waals surface area contributed by atoms with E-state index in [1.54, 1.807) is 6.20 Å². The molecule has 222 valence electrons. The first-order chi connectivity index (χ1) is 20.3. The van der Waals surface area contributed by atoms with Gasteiger partial charge in [0.25, 0.3) is 0 Å². The second-order valence-electron chi connectivity index (χ2n) is 10.5. The molecule has 0 spiro atoms. The van der Waals surface area contributed by atoms with Gasteiger partial charge in [-0.05, 0) is 60.2 Å². The van der Waals surface area contributed by atoms with E-state index in [2.05, 4.69) is 48.4 Å². The summed E-state index contributed by atoms with van der Waals surface area (Å²) in [7, 11) is 1.94. The van der Waals surface area contributed by atoms with Gasteiger partial charge in [0.2, 0.25) is 0 Å². The van der Waals surface area contributed by atoms with E-state index in [9.17, 15) is 13.2 Å². The predicted molar refractivity (Wildman–Crippen MR) is 156 cm³/mol. The van der Waals surface area contributed by atoms with Gasteiger partial charge in [-0.1, -0.05) is 48.5 Å². The fourth-order valence-electron chi connectivity index (χ4n) is 4.91. The van der Waals surface area contributed by atoms with Crippen molar-refractivity contribution in [3.63, 3.8) is 0 Å². The molecule has 0 saturated carbocycles. The fourth-order valence-corrected chi connectivity index (χ4v) is 4.91. The van der Waals surface area contributed by atoms with E-state index < -0.39 is 12.1 Å². The van der Waals surface area contributed by atoms with Gasteiger partial charge < -0.3 is 20.9 Å². The minimum atomic E-state index is -5.08. The van der Waals surface area contributed by atoms with Gasteiger partial charge in [-0.25, -0.2) is 14.8 Å². The van der Waals surface area contributed by atoms with Crippen molar-refractivity contribution in [3.05, 3.63) is 102 Å². The van der Waals surface area contributed by atoms with Crippen LogP contribution in [0.25, 0.3) is 22.2 Å². The van der Waals surface area contributed by atoms with E-state index >= 15 is 0 Å². The number of aromatic nitrogens is 4. The van der Waals surface area contributed by atoms with Crippen molar-refractivity contribution in [2.24, 2.45) is 7.05 Å². The fraction of sp³-hybridized carbons (Fsp3) is 0.226. The summed E-state index contributed by atoms with van der Waals surface area (Å²) in [6, 6.07) is 24.5. The minimum absolute atomic E-state index is 0.238. The molecule has 2 aromatic heterocycles. The van der Waals surface area contributed by atoms with E-state index in [-0.39, 0.29) is 11.6 Å². The highest BCUT2D eigenvalue weighted by Gasteiger charge is 2.38. The van der Waals surface area contributed by atoms with Gasteiger partial charge in [0, 0.05) is 29.9 Å². The van der Waals surface area contributed by atoms with Crippen LogP contribution in [0.4, 0.5) is 24.7 Å². The third kappa shape index (κ3) is 6.28. The van der Waals surface area contributed by atoms with Crippen molar-refractivity contribution in [2.45, 2.75) is 38.3 Å². The molecular formula is C31H29F3N6O3. The average molecular weight is 591 g/mol. The summed E-state index contributed by atoms with van der Waals surface area (Å²) < 4.78 is 39.6. The molecule has 0 fully saturated rings. The number of aryl methyl sites for hydroxylation is 1. The molecule has 1 atom stereocenters. The monoisotopic (exact) mass is 590 g/mol. The van der Waals surface area contributed by atoms with Crippen LogP contribution >= 0.6 is 0 Å². The Morgan fingerprint density at radius 1 is 1.09 bits per heavy atom. The summed E-state index contributed by atoms with van der Waals surface area (Å²) in [6.45, 7) is 4.86. The van der Waals surface area contributed by atoms with Crippen molar-refractivity contribution >= 4 is 28.2 Å². The number of nitrogen functional groups attached to an aromatic ring is 1. The molecule has 0 radical (unpaired) electrons. The van der Waals surface area contributed by atoms with Gasteiger partial charge in [0.1, 0.15) is 11.9 Å². The van der Waals surface area contributed by atoms with Crippen molar-refractivity contribution in [3.8, 4) is 11.4 Å². The highest BCUT2D eigenvalue weighted by molar-refractivity contribution is 5.93. The standard InChI is InChI=1S/C29H28N6O.C2HF3O2/c1-29(2)24-16-20(9-10-21(24)17-36-29)25(28-33-27(34-35(28)3)18-7-5-4-6-8-18)32-22-11-12-23-19(15-22)13-14-31-26(23)30;3-2(4,5)1(6)7/h4-16,25,32H,17H2,1-3H3,(H2,30,31);(H,6,7). The lowest BCUT2D eigenvalue weighted by atomic mass is 9.92. The number of carboxylic acids is 1. The third-order valence-corrected chi connectivity index (χ3v) is 7.14. The number of rotatable bonds is 5. The quantitative estimate of drug-likeness (QED) is 0.220. The topological polar surface area (TPSA) is 128 Å². The summed E-state index contributed by atoms with van der Waals surface area (Å²) >= 11 is 0. The first-order valence-corrected chi connectivity index (χ1v) is 13.3. The number of alkyl halides is 3. The zero-order chi connectivity index (χ0) is 30.9. The number of carbonyl (C=O) groups is 1. The van der Waals surface area contributed by atoms with Crippen LogP contribution in [0.3, 0.4) is 0 Å². The van der Waals surface area contributed by atoms with Gasteiger partial charge in [-0.15, -0.1) is 0 Å². The first-order valence-electron chi connectivity index (χ1n) is 13.3. The molecule has 1 unspecified atom stereocenters. The molecule has 0 amide bonds. The smallest absolute Gasteiger partial charge is 0.475 e. The molecule has 9 nitrogen and oxygen atoms in total. The number of hydrogen-bond donors (Lipinski definition) is 3. The van der Waals surface area contributed by atoms with E-state index in [0.29, 0.717) is 18.2 Å². The van der Waals surface area contributed by atoms with Crippen LogP contribution in [0.2, 0.25) is 0 Å². The molecule has 4 N–H and O–H groups in total. The van der Waals surface area contributed by atoms with Crippen LogP contribution < -0.4 is 11.1 Å². The maximum Gasteiger partial charge on any atom is 0.490 e.